The van der Waals surface area contributed by atoms with Crippen LogP contribution in [0.15, 0.2) is 36.5 Å². The zero-order chi connectivity index (χ0) is 13.9. The summed E-state index contributed by atoms with van der Waals surface area (Å²) in [5, 5.41) is 17.1. The lowest BCUT2D eigenvalue weighted by Gasteiger charge is -2.07. The molecule has 3 aromatic rings. The molecule has 5 nitrogen and oxygen atoms in total. The number of aromatic amines is 1. The highest BCUT2D eigenvalue weighted by Crippen LogP contribution is 2.17. The van der Waals surface area contributed by atoms with Gasteiger partial charge in [0.2, 0.25) is 0 Å². The Hall–Kier alpha value is -2.05. The maximum atomic E-state index is 9.24. The van der Waals surface area contributed by atoms with Crippen LogP contribution >= 0.6 is 12.2 Å². The number of para-hydroxylation sites is 1. The molecule has 3 rings (SSSR count). The SMILES string of the molecule is OCc1n[nH]c(=S)n1CCc1cccc2cccnc12. The molecule has 0 aliphatic heterocycles. The van der Waals surface area contributed by atoms with Crippen molar-refractivity contribution >= 4 is 23.1 Å². The number of nitrogens with zero attached hydrogens (tertiary/aromatic N) is 3. The standard InChI is InChI=1S/C14H14N4OS/c19-9-12-16-17-14(20)18(12)8-6-11-4-1-3-10-5-2-7-15-13(10)11/h1-5,7,19H,6,8-9H2,(H,17,20). The second-order valence-electron chi connectivity index (χ2n) is 4.50. The molecule has 2 aromatic heterocycles. The smallest absolute Gasteiger partial charge is 0.195 e. The van der Waals surface area contributed by atoms with E-state index in [1.54, 1.807) is 6.20 Å². The van der Waals surface area contributed by atoms with Crippen molar-refractivity contribution in [2.45, 2.75) is 19.6 Å². The number of nitrogens with one attached hydrogen (secondary N) is 1. The van der Waals surface area contributed by atoms with E-state index >= 15 is 0 Å². The summed E-state index contributed by atoms with van der Waals surface area (Å²) >= 11 is 5.17. The Bertz CT molecular complexity index is 788. The number of aliphatic hydroxyl groups excluding tert-OH is 1. The van der Waals surface area contributed by atoms with E-state index in [0.717, 1.165) is 22.9 Å². The van der Waals surface area contributed by atoms with Crippen LogP contribution in [0.5, 0.6) is 0 Å². The van der Waals surface area contributed by atoms with Crippen LogP contribution in [0, 0.1) is 4.77 Å². The molecule has 0 atom stereocenters. The normalized spacial score (nSPS) is 11.1. The average molecular weight is 286 g/mol. The molecule has 0 saturated heterocycles. The molecule has 0 unspecified atom stereocenters. The van der Waals surface area contributed by atoms with E-state index in [0.29, 0.717) is 17.1 Å². The first kappa shape index (κ1) is 13.0. The second-order valence-corrected chi connectivity index (χ2v) is 4.88. The highest BCUT2D eigenvalue weighted by atomic mass is 32.1. The fourth-order valence-corrected chi connectivity index (χ4v) is 2.55. The van der Waals surface area contributed by atoms with Gasteiger partial charge in [0.05, 0.1) is 5.52 Å². The summed E-state index contributed by atoms with van der Waals surface area (Å²) < 4.78 is 2.35. The Morgan fingerprint density at radius 3 is 2.95 bits per heavy atom. The molecule has 6 heteroatoms. The molecule has 0 fully saturated rings. The summed E-state index contributed by atoms with van der Waals surface area (Å²) in [6, 6.07) is 10.1. The minimum absolute atomic E-state index is 0.124. The van der Waals surface area contributed by atoms with Crippen LogP contribution in [0.3, 0.4) is 0 Å². The molecule has 0 spiro atoms. The van der Waals surface area contributed by atoms with Crippen molar-refractivity contribution in [1.29, 1.82) is 0 Å². The van der Waals surface area contributed by atoms with E-state index in [-0.39, 0.29) is 6.61 Å². The fourth-order valence-electron chi connectivity index (χ4n) is 2.30. The van der Waals surface area contributed by atoms with E-state index in [1.807, 2.05) is 16.7 Å². The Labute approximate surface area is 120 Å². The van der Waals surface area contributed by atoms with E-state index in [9.17, 15) is 5.11 Å². The van der Waals surface area contributed by atoms with Crippen LogP contribution in [0.25, 0.3) is 10.9 Å². The maximum absolute atomic E-state index is 9.24. The first-order valence-electron chi connectivity index (χ1n) is 6.37. The van der Waals surface area contributed by atoms with Crippen LogP contribution < -0.4 is 0 Å². The largest absolute Gasteiger partial charge is 0.388 e. The van der Waals surface area contributed by atoms with Crippen molar-refractivity contribution in [2.24, 2.45) is 0 Å². The minimum atomic E-state index is -0.124. The topological polar surface area (TPSA) is 66.7 Å². The van der Waals surface area contributed by atoms with Crippen molar-refractivity contribution in [3.05, 3.63) is 52.7 Å². The molecular weight excluding hydrogens is 272 g/mol. The first-order chi connectivity index (χ1) is 9.79. The lowest BCUT2D eigenvalue weighted by atomic mass is 10.1. The van der Waals surface area contributed by atoms with E-state index in [2.05, 4.69) is 33.4 Å². The Morgan fingerprint density at radius 1 is 1.25 bits per heavy atom. The molecule has 102 valence electrons. The number of H-pyrrole nitrogens is 1. The lowest BCUT2D eigenvalue weighted by Crippen LogP contribution is -2.07. The van der Waals surface area contributed by atoms with Gasteiger partial charge in [0.1, 0.15) is 6.61 Å². The third-order valence-corrected chi connectivity index (χ3v) is 3.61. The van der Waals surface area contributed by atoms with Crippen molar-refractivity contribution in [1.82, 2.24) is 19.7 Å². The Kier molecular flexibility index (Phi) is 3.58. The number of pyridine rings is 1. The quantitative estimate of drug-likeness (QED) is 0.722. The molecule has 0 aliphatic rings. The number of benzene rings is 1. The van der Waals surface area contributed by atoms with Gasteiger partial charge in [-0.05, 0) is 30.3 Å². The monoisotopic (exact) mass is 286 g/mol. The van der Waals surface area contributed by atoms with Crippen molar-refractivity contribution in [3.8, 4) is 0 Å². The van der Waals surface area contributed by atoms with Crippen molar-refractivity contribution in [3.63, 3.8) is 0 Å². The number of rotatable bonds is 4. The van der Waals surface area contributed by atoms with Gasteiger partial charge in [0.25, 0.3) is 0 Å². The molecule has 0 radical (unpaired) electrons. The molecule has 2 N–H and O–H groups in total. The first-order valence-corrected chi connectivity index (χ1v) is 6.78. The second kappa shape index (κ2) is 5.52. The predicted octanol–water partition coefficient (Wildman–Crippen LogP) is 2.22. The third kappa shape index (κ3) is 2.35. The summed E-state index contributed by atoms with van der Waals surface area (Å²) in [5.41, 5.74) is 2.17. The van der Waals surface area contributed by atoms with Crippen LogP contribution in [0.1, 0.15) is 11.4 Å². The van der Waals surface area contributed by atoms with Crippen molar-refractivity contribution < 1.29 is 5.11 Å². The molecule has 1 aromatic carbocycles. The maximum Gasteiger partial charge on any atom is 0.195 e. The van der Waals surface area contributed by atoms with Gasteiger partial charge in [0, 0.05) is 18.1 Å². The van der Waals surface area contributed by atoms with Gasteiger partial charge in [-0.15, -0.1) is 0 Å². The number of aryl methyl sites for hydroxylation is 1. The number of hydrogen-bond donors (Lipinski definition) is 2. The highest BCUT2D eigenvalue weighted by Gasteiger charge is 2.07. The van der Waals surface area contributed by atoms with Gasteiger partial charge in [-0.25, -0.2) is 0 Å². The van der Waals surface area contributed by atoms with Crippen LogP contribution in [0.2, 0.25) is 0 Å². The molecule has 0 bridgehead atoms. The molecular formula is C14H14N4OS. The van der Waals surface area contributed by atoms with Gasteiger partial charge in [-0.2, -0.15) is 5.10 Å². The van der Waals surface area contributed by atoms with Crippen molar-refractivity contribution in [2.75, 3.05) is 0 Å². The summed E-state index contributed by atoms with van der Waals surface area (Å²) in [6.45, 7) is 0.543. The van der Waals surface area contributed by atoms with Gasteiger partial charge >= 0.3 is 0 Å². The molecule has 0 saturated carbocycles. The zero-order valence-electron chi connectivity index (χ0n) is 10.8. The molecule has 0 aliphatic carbocycles. The van der Waals surface area contributed by atoms with Crippen LogP contribution in [0.4, 0.5) is 0 Å². The molecule has 0 amide bonds. The fraction of sp³-hybridized carbons (Fsp3) is 0.214. The third-order valence-electron chi connectivity index (χ3n) is 3.30. The Balaban J connectivity index is 1.91. The number of hydrogen-bond acceptors (Lipinski definition) is 4. The lowest BCUT2D eigenvalue weighted by molar-refractivity contribution is 0.264. The Morgan fingerprint density at radius 2 is 2.10 bits per heavy atom. The molecule has 20 heavy (non-hydrogen) atoms. The number of aromatic nitrogens is 4. The van der Waals surface area contributed by atoms with Gasteiger partial charge < -0.3 is 9.67 Å². The molecule has 2 heterocycles. The van der Waals surface area contributed by atoms with Gasteiger partial charge in [-0.3, -0.25) is 10.1 Å². The van der Waals surface area contributed by atoms with Gasteiger partial charge in [0.15, 0.2) is 10.6 Å². The average Bonchev–Trinajstić information content (AvgIpc) is 2.85. The summed E-state index contributed by atoms with van der Waals surface area (Å²) in [5.74, 6) is 0.559. The minimum Gasteiger partial charge on any atom is -0.388 e. The zero-order valence-corrected chi connectivity index (χ0v) is 11.6. The number of fused-ring (bicyclic) bond motifs is 1. The number of aliphatic hydroxyl groups is 1. The summed E-state index contributed by atoms with van der Waals surface area (Å²) in [4.78, 5) is 4.44. The van der Waals surface area contributed by atoms with E-state index < -0.39 is 0 Å². The summed E-state index contributed by atoms with van der Waals surface area (Å²) in [7, 11) is 0. The van der Waals surface area contributed by atoms with Crippen LogP contribution in [-0.2, 0) is 19.6 Å². The van der Waals surface area contributed by atoms with Gasteiger partial charge in [-0.1, -0.05) is 24.3 Å². The highest BCUT2D eigenvalue weighted by molar-refractivity contribution is 7.71. The predicted molar refractivity (Wildman–Crippen MR) is 78.8 cm³/mol. The van der Waals surface area contributed by atoms with Crippen LogP contribution in [-0.4, -0.2) is 24.9 Å². The van der Waals surface area contributed by atoms with E-state index in [4.69, 9.17) is 12.2 Å². The summed E-state index contributed by atoms with van der Waals surface area (Å²) in [6.07, 6.45) is 2.59. The van der Waals surface area contributed by atoms with E-state index in [1.165, 1.54) is 0 Å².